The number of allylic oxidation sites excluding steroid dienone is 17. The molecule has 0 saturated carbocycles. The minimum atomic E-state index is 0.0933. The number of hydrogen-bond acceptors (Lipinski definition) is 3. The molecule has 63 heavy (non-hydrogen) atoms. The molecule has 1 aliphatic rings. The van der Waals surface area contributed by atoms with Crippen LogP contribution in [0, 0.1) is 5.92 Å². The number of anilines is 5. The van der Waals surface area contributed by atoms with E-state index in [2.05, 4.69) is 249 Å². The van der Waals surface area contributed by atoms with Crippen LogP contribution in [-0.4, -0.2) is 0 Å². The highest BCUT2D eigenvalue weighted by atomic mass is 15.2. The van der Waals surface area contributed by atoms with Crippen molar-refractivity contribution in [2.45, 2.75) is 34.1 Å². The molecule has 5 aromatic carbocycles. The number of nitrogens with zero attached hydrogens (tertiary/aromatic N) is 3. The third-order valence-electron chi connectivity index (χ3n) is 10.7. The van der Waals surface area contributed by atoms with Gasteiger partial charge in [-0.2, -0.15) is 0 Å². The lowest BCUT2D eigenvalue weighted by Crippen LogP contribution is -2.21. The number of hydrogen-bond donors (Lipinski definition) is 0. The SMILES string of the molecule is C=C/C=C(\C=C/CC)N(c1ccccc1)c1ccc(-c2ccc(N(C3=CC=CC(/C(C)=C/C=C(\C(=C)C)N(/C(C=C)=C/C=C\C)c4ccccc4)C=C3)c3ccccc3)cc2)cc1. The Morgan fingerprint density at radius 1 is 0.619 bits per heavy atom. The zero-order chi connectivity index (χ0) is 44.4. The Bertz CT molecular complexity index is 2590. The molecule has 0 heterocycles. The minimum absolute atomic E-state index is 0.0933. The van der Waals surface area contributed by atoms with E-state index < -0.39 is 0 Å². The zero-order valence-electron chi connectivity index (χ0n) is 37.2. The largest absolute Gasteiger partial charge is 0.311 e. The summed E-state index contributed by atoms with van der Waals surface area (Å²) in [6, 6.07) is 49.0. The molecule has 0 N–H and O–H groups in total. The van der Waals surface area contributed by atoms with E-state index in [-0.39, 0.29) is 5.92 Å². The summed E-state index contributed by atoms with van der Waals surface area (Å²) < 4.78 is 0. The molecular weight excluding hydrogens is 763 g/mol. The lowest BCUT2D eigenvalue weighted by Gasteiger charge is -2.29. The number of benzene rings is 5. The fraction of sp³-hybridized carbons (Fsp3) is 0.100. The normalized spacial score (nSPS) is 14.7. The quantitative estimate of drug-likeness (QED) is 0.0815. The number of para-hydroxylation sites is 3. The van der Waals surface area contributed by atoms with Crippen molar-refractivity contribution in [3.05, 3.63) is 284 Å². The van der Waals surface area contributed by atoms with Crippen LogP contribution in [0.2, 0.25) is 0 Å². The van der Waals surface area contributed by atoms with E-state index in [0.29, 0.717) is 0 Å². The maximum absolute atomic E-state index is 4.38. The van der Waals surface area contributed by atoms with Gasteiger partial charge in [0.2, 0.25) is 0 Å². The van der Waals surface area contributed by atoms with Gasteiger partial charge in [-0.05, 0) is 147 Å². The molecule has 0 spiro atoms. The van der Waals surface area contributed by atoms with Gasteiger partial charge >= 0.3 is 0 Å². The third kappa shape index (κ3) is 11.6. The highest BCUT2D eigenvalue weighted by Gasteiger charge is 2.18. The lowest BCUT2D eigenvalue weighted by molar-refractivity contribution is 0.966. The van der Waals surface area contributed by atoms with E-state index >= 15 is 0 Å². The lowest BCUT2D eigenvalue weighted by atomic mass is 9.98. The molecule has 1 unspecified atom stereocenters. The predicted octanol–water partition coefficient (Wildman–Crippen LogP) is 16.9. The summed E-state index contributed by atoms with van der Waals surface area (Å²) in [5, 5.41) is 0. The van der Waals surface area contributed by atoms with Crippen LogP contribution in [0.4, 0.5) is 28.4 Å². The Balaban J connectivity index is 1.27. The van der Waals surface area contributed by atoms with Crippen LogP contribution in [0.1, 0.15) is 34.1 Å². The van der Waals surface area contributed by atoms with Crippen molar-refractivity contribution in [2.75, 3.05) is 14.7 Å². The van der Waals surface area contributed by atoms with Crippen molar-refractivity contribution in [3.63, 3.8) is 0 Å². The average Bonchev–Trinajstić information content (AvgIpc) is 3.58. The van der Waals surface area contributed by atoms with Gasteiger partial charge in [-0.25, -0.2) is 0 Å². The molecule has 1 atom stereocenters. The molecule has 1 aliphatic carbocycles. The number of rotatable bonds is 18. The fourth-order valence-electron chi connectivity index (χ4n) is 7.43. The summed E-state index contributed by atoms with van der Waals surface area (Å²) in [6.45, 7) is 20.9. The Morgan fingerprint density at radius 2 is 1.17 bits per heavy atom. The van der Waals surface area contributed by atoms with Crippen molar-refractivity contribution in [2.24, 2.45) is 5.92 Å². The molecule has 0 saturated heterocycles. The molecule has 0 aliphatic heterocycles. The summed E-state index contributed by atoms with van der Waals surface area (Å²) >= 11 is 0. The molecule has 5 aromatic rings. The monoisotopic (exact) mass is 821 g/mol. The summed E-state index contributed by atoms with van der Waals surface area (Å²) in [6.07, 6.45) is 32.7. The standard InChI is InChI=1S/C60H59N3/c1-8-12-26-52(11-4)63(56-32-21-16-22-33-56)60(47(5)6)46-35-48(7)49-25-23-34-57(41-36-49)62(55-30-19-15-20-31-55)59-44-39-51(40-45-59)50-37-42-58(43-38-50)61(54-28-17-14-18-29-54)53(24-10-3)27-13-9-2/h8,10-46,49H,3-5,9H2,1-2,6-7H3/b12-8-,27-13-,48-35+,52-26+,53-24+,60-46+. The molecule has 0 aromatic heterocycles. The maximum atomic E-state index is 4.38. The predicted molar refractivity (Wildman–Crippen MR) is 275 cm³/mol. The average molecular weight is 822 g/mol. The Kier molecular flexibility index (Phi) is 16.3. The van der Waals surface area contributed by atoms with Crippen molar-refractivity contribution < 1.29 is 0 Å². The topological polar surface area (TPSA) is 9.72 Å². The first-order valence-corrected chi connectivity index (χ1v) is 21.7. The second kappa shape index (κ2) is 22.8. The summed E-state index contributed by atoms with van der Waals surface area (Å²) in [5.41, 5.74) is 13.9. The first kappa shape index (κ1) is 44.9. The van der Waals surface area contributed by atoms with Crippen molar-refractivity contribution in [1.82, 2.24) is 0 Å². The molecular formula is C60H59N3. The van der Waals surface area contributed by atoms with E-state index in [9.17, 15) is 0 Å². The Morgan fingerprint density at radius 3 is 1.73 bits per heavy atom. The highest BCUT2D eigenvalue weighted by molar-refractivity contribution is 5.77. The van der Waals surface area contributed by atoms with Gasteiger partial charge in [0.05, 0.1) is 0 Å². The highest BCUT2D eigenvalue weighted by Crippen LogP contribution is 2.36. The van der Waals surface area contributed by atoms with Crippen LogP contribution in [0.25, 0.3) is 11.1 Å². The van der Waals surface area contributed by atoms with Crippen molar-refractivity contribution in [1.29, 1.82) is 0 Å². The molecule has 6 rings (SSSR count). The molecule has 0 bridgehead atoms. The summed E-state index contributed by atoms with van der Waals surface area (Å²) in [4.78, 5) is 6.79. The zero-order valence-corrected chi connectivity index (χ0v) is 37.2. The van der Waals surface area contributed by atoms with Crippen LogP contribution in [0.15, 0.2) is 284 Å². The van der Waals surface area contributed by atoms with E-state index in [4.69, 9.17) is 0 Å². The van der Waals surface area contributed by atoms with E-state index in [1.165, 1.54) is 5.57 Å². The van der Waals surface area contributed by atoms with Crippen LogP contribution in [0.3, 0.4) is 0 Å². The second-order valence-electron chi connectivity index (χ2n) is 15.2. The van der Waals surface area contributed by atoms with Gasteiger partial charge in [0.15, 0.2) is 0 Å². The molecule has 3 nitrogen and oxygen atoms in total. The van der Waals surface area contributed by atoms with Crippen molar-refractivity contribution in [3.8, 4) is 11.1 Å². The van der Waals surface area contributed by atoms with E-state index in [1.807, 2.05) is 43.4 Å². The van der Waals surface area contributed by atoms with Gasteiger partial charge in [0.25, 0.3) is 0 Å². The van der Waals surface area contributed by atoms with Crippen LogP contribution >= 0.6 is 0 Å². The Labute approximate surface area is 377 Å². The first-order valence-electron chi connectivity index (χ1n) is 21.7. The van der Waals surface area contributed by atoms with Crippen LogP contribution in [0.5, 0.6) is 0 Å². The van der Waals surface area contributed by atoms with Gasteiger partial charge in [-0.1, -0.05) is 160 Å². The van der Waals surface area contributed by atoms with Gasteiger partial charge in [0.1, 0.15) is 0 Å². The molecule has 0 radical (unpaired) electrons. The van der Waals surface area contributed by atoms with Gasteiger partial charge in [0, 0.05) is 57.1 Å². The molecule has 0 amide bonds. The van der Waals surface area contributed by atoms with Gasteiger partial charge in [-0.15, -0.1) is 0 Å². The Hall–Kier alpha value is -7.62. The smallest absolute Gasteiger partial charge is 0.0484 e. The first-order chi connectivity index (χ1) is 30.9. The summed E-state index contributed by atoms with van der Waals surface area (Å²) in [7, 11) is 0. The molecule has 3 heteroatoms. The third-order valence-corrected chi connectivity index (χ3v) is 10.7. The fourth-order valence-corrected chi connectivity index (χ4v) is 7.43. The van der Waals surface area contributed by atoms with Crippen molar-refractivity contribution >= 4 is 28.4 Å². The minimum Gasteiger partial charge on any atom is -0.311 e. The maximum Gasteiger partial charge on any atom is 0.0484 e. The van der Waals surface area contributed by atoms with Gasteiger partial charge in [-0.3, -0.25) is 0 Å². The summed E-state index contributed by atoms with van der Waals surface area (Å²) in [5.74, 6) is 0.0933. The van der Waals surface area contributed by atoms with Crippen LogP contribution in [-0.2, 0) is 0 Å². The van der Waals surface area contributed by atoms with E-state index in [1.54, 1.807) is 0 Å². The molecule has 314 valence electrons. The molecule has 0 fully saturated rings. The van der Waals surface area contributed by atoms with Crippen LogP contribution < -0.4 is 14.7 Å². The van der Waals surface area contributed by atoms with Gasteiger partial charge < -0.3 is 14.7 Å². The second-order valence-corrected chi connectivity index (χ2v) is 15.2. The van der Waals surface area contributed by atoms with E-state index in [0.717, 1.165) is 74.3 Å².